The van der Waals surface area contributed by atoms with Gasteiger partial charge in [0.05, 0.1) is 6.54 Å². The molecule has 4 N–H and O–H groups in total. The first-order valence-electron chi connectivity index (χ1n) is 4.45. The molecule has 1 aromatic rings. The van der Waals surface area contributed by atoms with Crippen LogP contribution in [-0.2, 0) is 6.54 Å². The lowest BCUT2D eigenvalue weighted by Gasteiger charge is -1.97. The topological polar surface area (TPSA) is 64.4 Å². The number of nitrogens with zero attached hydrogens (tertiary/aromatic N) is 1. The molecule has 0 spiro atoms. The molecule has 0 bridgehead atoms. The zero-order valence-corrected chi connectivity index (χ0v) is 8.27. The van der Waals surface area contributed by atoms with E-state index in [0.717, 1.165) is 16.8 Å². The molecule has 14 heavy (non-hydrogen) atoms. The summed E-state index contributed by atoms with van der Waals surface area (Å²) in [7, 11) is 0. The van der Waals surface area contributed by atoms with Crippen molar-refractivity contribution in [3.63, 3.8) is 0 Å². The fourth-order valence-electron chi connectivity index (χ4n) is 1.03. The maximum absolute atomic E-state index is 5.63. The van der Waals surface area contributed by atoms with Crippen molar-refractivity contribution in [2.75, 3.05) is 5.73 Å². The molecule has 0 radical (unpaired) electrons. The third-order valence-electron chi connectivity index (χ3n) is 1.78. The summed E-state index contributed by atoms with van der Waals surface area (Å²) in [5.74, 6) is 0. The first-order chi connectivity index (χ1) is 6.72. The van der Waals surface area contributed by atoms with Crippen LogP contribution in [-0.4, -0.2) is 6.21 Å². The first kappa shape index (κ1) is 10.3. The highest BCUT2D eigenvalue weighted by atomic mass is 14.7. The molecule has 0 saturated heterocycles. The SMILES string of the molecule is CC(C=NCc1cccc(N)c1)=CN. The Morgan fingerprint density at radius 1 is 1.50 bits per heavy atom. The van der Waals surface area contributed by atoms with Crippen LogP contribution in [0.4, 0.5) is 5.69 Å². The van der Waals surface area contributed by atoms with Crippen LogP contribution in [0.15, 0.2) is 41.0 Å². The van der Waals surface area contributed by atoms with Gasteiger partial charge in [0.25, 0.3) is 0 Å². The summed E-state index contributed by atoms with van der Waals surface area (Å²) in [5.41, 5.74) is 13.8. The molecule has 0 fully saturated rings. The molecule has 0 aromatic heterocycles. The van der Waals surface area contributed by atoms with Gasteiger partial charge in [0.2, 0.25) is 0 Å². The molecule has 3 heteroatoms. The van der Waals surface area contributed by atoms with E-state index in [1.165, 1.54) is 6.20 Å². The number of aliphatic imine (C=N–C) groups is 1. The smallest absolute Gasteiger partial charge is 0.0640 e. The number of benzene rings is 1. The second-order valence-corrected chi connectivity index (χ2v) is 3.13. The van der Waals surface area contributed by atoms with Gasteiger partial charge in [0.1, 0.15) is 0 Å². The van der Waals surface area contributed by atoms with Gasteiger partial charge in [-0.15, -0.1) is 0 Å². The summed E-state index contributed by atoms with van der Waals surface area (Å²) >= 11 is 0. The molecule has 1 aromatic carbocycles. The Kier molecular flexibility index (Phi) is 3.73. The van der Waals surface area contributed by atoms with Crippen molar-refractivity contribution in [3.05, 3.63) is 41.6 Å². The predicted octanol–water partition coefficient (Wildman–Crippen LogP) is 1.70. The van der Waals surface area contributed by atoms with Gasteiger partial charge in [0, 0.05) is 11.9 Å². The lowest BCUT2D eigenvalue weighted by atomic mass is 10.2. The lowest BCUT2D eigenvalue weighted by molar-refractivity contribution is 1.08. The van der Waals surface area contributed by atoms with Gasteiger partial charge < -0.3 is 11.5 Å². The summed E-state index contributed by atoms with van der Waals surface area (Å²) in [4.78, 5) is 4.22. The standard InChI is InChI=1S/C11H15N3/c1-9(6-12)7-14-8-10-3-2-4-11(13)5-10/h2-7H,8,12-13H2,1H3. The molecule has 0 atom stereocenters. The van der Waals surface area contributed by atoms with Crippen molar-refractivity contribution in [1.29, 1.82) is 0 Å². The fraction of sp³-hybridized carbons (Fsp3) is 0.182. The molecule has 74 valence electrons. The van der Waals surface area contributed by atoms with E-state index < -0.39 is 0 Å². The second kappa shape index (κ2) is 5.07. The van der Waals surface area contributed by atoms with Crippen molar-refractivity contribution in [2.45, 2.75) is 13.5 Å². The van der Waals surface area contributed by atoms with Crippen molar-refractivity contribution >= 4 is 11.9 Å². The Bertz CT molecular complexity index is 353. The molecule has 1 rings (SSSR count). The predicted molar refractivity (Wildman–Crippen MR) is 61.0 cm³/mol. The normalized spacial score (nSPS) is 12.2. The highest BCUT2D eigenvalue weighted by Gasteiger charge is 1.90. The van der Waals surface area contributed by atoms with E-state index in [9.17, 15) is 0 Å². The lowest BCUT2D eigenvalue weighted by Crippen LogP contribution is -1.89. The van der Waals surface area contributed by atoms with Crippen LogP contribution in [0.25, 0.3) is 0 Å². The van der Waals surface area contributed by atoms with Gasteiger partial charge >= 0.3 is 0 Å². The Hall–Kier alpha value is -1.77. The summed E-state index contributed by atoms with van der Waals surface area (Å²) < 4.78 is 0. The summed E-state index contributed by atoms with van der Waals surface area (Å²) in [5, 5.41) is 0. The van der Waals surface area contributed by atoms with Crippen LogP contribution in [0.1, 0.15) is 12.5 Å². The van der Waals surface area contributed by atoms with E-state index in [1.54, 1.807) is 6.21 Å². The molecule has 0 amide bonds. The molecule has 0 aliphatic rings. The summed E-state index contributed by atoms with van der Waals surface area (Å²) in [6.07, 6.45) is 3.28. The van der Waals surface area contributed by atoms with Gasteiger partial charge in [0.15, 0.2) is 0 Å². The van der Waals surface area contributed by atoms with Gasteiger partial charge in [-0.1, -0.05) is 12.1 Å². The van der Waals surface area contributed by atoms with Crippen molar-refractivity contribution in [1.82, 2.24) is 0 Å². The number of anilines is 1. The summed E-state index contributed by atoms with van der Waals surface area (Å²) in [6.45, 7) is 2.54. The third kappa shape index (κ3) is 3.31. The number of allylic oxidation sites excluding steroid dienone is 1. The zero-order valence-electron chi connectivity index (χ0n) is 8.27. The molecule has 0 heterocycles. The molecule has 0 unspecified atom stereocenters. The van der Waals surface area contributed by atoms with Crippen LogP contribution in [0.2, 0.25) is 0 Å². The van der Waals surface area contributed by atoms with E-state index in [2.05, 4.69) is 4.99 Å². The van der Waals surface area contributed by atoms with Gasteiger partial charge in [-0.3, -0.25) is 4.99 Å². The molecule has 0 saturated carbocycles. The van der Waals surface area contributed by atoms with E-state index >= 15 is 0 Å². The average Bonchev–Trinajstić information content (AvgIpc) is 2.17. The number of nitrogen functional groups attached to an aromatic ring is 1. The highest BCUT2D eigenvalue weighted by molar-refractivity contribution is 5.77. The van der Waals surface area contributed by atoms with E-state index in [0.29, 0.717) is 6.54 Å². The van der Waals surface area contributed by atoms with E-state index in [1.807, 2.05) is 31.2 Å². The minimum atomic E-state index is 0.635. The van der Waals surface area contributed by atoms with Crippen LogP contribution >= 0.6 is 0 Å². The largest absolute Gasteiger partial charge is 0.404 e. The number of hydrogen-bond donors (Lipinski definition) is 2. The van der Waals surface area contributed by atoms with Gasteiger partial charge in [-0.2, -0.15) is 0 Å². The van der Waals surface area contributed by atoms with Crippen LogP contribution in [0, 0.1) is 0 Å². The Labute approximate surface area is 84.1 Å². The monoisotopic (exact) mass is 189 g/mol. The highest BCUT2D eigenvalue weighted by Crippen LogP contribution is 2.07. The second-order valence-electron chi connectivity index (χ2n) is 3.13. The average molecular weight is 189 g/mol. The Morgan fingerprint density at radius 2 is 2.29 bits per heavy atom. The molecular formula is C11H15N3. The number of nitrogens with two attached hydrogens (primary N) is 2. The third-order valence-corrected chi connectivity index (χ3v) is 1.78. The fourth-order valence-corrected chi connectivity index (χ4v) is 1.03. The first-order valence-corrected chi connectivity index (χ1v) is 4.45. The molecule has 0 aliphatic carbocycles. The van der Waals surface area contributed by atoms with Crippen molar-refractivity contribution in [3.8, 4) is 0 Å². The van der Waals surface area contributed by atoms with Crippen molar-refractivity contribution < 1.29 is 0 Å². The van der Waals surface area contributed by atoms with Gasteiger partial charge in [-0.05, 0) is 36.4 Å². The van der Waals surface area contributed by atoms with E-state index in [-0.39, 0.29) is 0 Å². The minimum Gasteiger partial charge on any atom is -0.404 e. The zero-order chi connectivity index (χ0) is 10.4. The Morgan fingerprint density at radius 3 is 2.93 bits per heavy atom. The maximum atomic E-state index is 5.63. The quantitative estimate of drug-likeness (QED) is 0.561. The van der Waals surface area contributed by atoms with Crippen LogP contribution in [0.5, 0.6) is 0 Å². The molecule has 0 aliphatic heterocycles. The van der Waals surface area contributed by atoms with Gasteiger partial charge in [-0.25, -0.2) is 0 Å². The van der Waals surface area contributed by atoms with Crippen LogP contribution < -0.4 is 11.5 Å². The molecular weight excluding hydrogens is 174 g/mol. The molecule has 3 nitrogen and oxygen atoms in total. The van der Waals surface area contributed by atoms with Crippen LogP contribution in [0.3, 0.4) is 0 Å². The van der Waals surface area contributed by atoms with Crippen molar-refractivity contribution in [2.24, 2.45) is 10.7 Å². The van der Waals surface area contributed by atoms with E-state index in [4.69, 9.17) is 11.5 Å². The minimum absolute atomic E-state index is 0.635. The summed E-state index contributed by atoms with van der Waals surface area (Å²) in [6, 6.07) is 7.69. The maximum Gasteiger partial charge on any atom is 0.0640 e. The number of rotatable bonds is 3. The number of hydrogen-bond acceptors (Lipinski definition) is 3. The Balaban J connectivity index is 2.58.